The SMILES string of the molecule is CCCCCCC(CCCCCC)OC(=O)OC(C)(C)C. The van der Waals surface area contributed by atoms with Gasteiger partial charge in [-0.3, -0.25) is 0 Å². The van der Waals surface area contributed by atoms with Crippen LogP contribution < -0.4 is 0 Å². The van der Waals surface area contributed by atoms with Crippen molar-refractivity contribution in [2.75, 3.05) is 0 Å². The molecule has 0 aliphatic carbocycles. The Morgan fingerprint density at radius 2 is 1.33 bits per heavy atom. The second-order valence-corrected chi connectivity index (χ2v) is 6.90. The molecule has 0 radical (unpaired) electrons. The van der Waals surface area contributed by atoms with Crippen molar-refractivity contribution in [2.45, 2.75) is 111 Å². The first-order valence-corrected chi connectivity index (χ1v) is 8.78. The van der Waals surface area contributed by atoms with Gasteiger partial charge in [0.1, 0.15) is 11.7 Å². The third-order valence-electron chi connectivity index (χ3n) is 3.41. The lowest BCUT2D eigenvalue weighted by Crippen LogP contribution is -2.27. The summed E-state index contributed by atoms with van der Waals surface area (Å²) < 4.78 is 10.8. The van der Waals surface area contributed by atoms with Gasteiger partial charge >= 0.3 is 6.16 Å². The fourth-order valence-electron chi connectivity index (χ4n) is 2.27. The summed E-state index contributed by atoms with van der Waals surface area (Å²) >= 11 is 0. The first kappa shape index (κ1) is 20.3. The first-order chi connectivity index (χ1) is 9.89. The van der Waals surface area contributed by atoms with Crippen LogP contribution in [-0.4, -0.2) is 17.9 Å². The fraction of sp³-hybridized carbons (Fsp3) is 0.944. The van der Waals surface area contributed by atoms with Crippen LogP contribution in [0, 0.1) is 0 Å². The minimum Gasteiger partial charge on any atom is -0.431 e. The van der Waals surface area contributed by atoms with Gasteiger partial charge < -0.3 is 9.47 Å². The average Bonchev–Trinajstić information content (AvgIpc) is 2.37. The van der Waals surface area contributed by atoms with E-state index in [1.807, 2.05) is 20.8 Å². The van der Waals surface area contributed by atoms with Gasteiger partial charge in [0.15, 0.2) is 0 Å². The molecule has 126 valence electrons. The van der Waals surface area contributed by atoms with Gasteiger partial charge in [-0.2, -0.15) is 0 Å². The maximum atomic E-state index is 11.8. The second kappa shape index (κ2) is 11.9. The van der Waals surface area contributed by atoms with Crippen LogP contribution in [0.3, 0.4) is 0 Å². The van der Waals surface area contributed by atoms with E-state index < -0.39 is 11.8 Å². The Labute approximate surface area is 131 Å². The van der Waals surface area contributed by atoms with Gasteiger partial charge in [-0.25, -0.2) is 4.79 Å². The highest BCUT2D eigenvalue weighted by Crippen LogP contribution is 2.17. The van der Waals surface area contributed by atoms with Gasteiger partial charge in [0.25, 0.3) is 0 Å². The Morgan fingerprint density at radius 1 is 0.857 bits per heavy atom. The zero-order chi connectivity index (χ0) is 16.1. The molecule has 0 bridgehead atoms. The van der Waals surface area contributed by atoms with Crippen LogP contribution in [0.5, 0.6) is 0 Å². The molecule has 0 spiro atoms. The van der Waals surface area contributed by atoms with E-state index in [4.69, 9.17) is 9.47 Å². The molecule has 0 rings (SSSR count). The highest BCUT2D eigenvalue weighted by atomic mass is 16.7. The van der Waals surface area contributed by atoms with Crippen molar-refractivity contribution in [3.63, 3.8) is 0 Å². The van der Waals surface area contributed by atoms with Crippen molar-refractivity contribution in [1.82, 2.24) is 0 Å². The van der Waals surface area contributed by atoms with Crippen molar-refractivity contribution in [3.8, 4) is 0 Å². The summed E-state index contributed by atoms with van der Waals surface area (Å²) in [6.07, 6.45) is 11.1. The average molecular weight is 300 g/mol. The molecule has 0 heterocycles. The van der Waals surface area contributed by atoms with Crippen LogP contribution in [-0.2, 0) is 9.47 Å². The highest BCUT2D eigenvalue weighted by molar-refractivity contribution is 5.60. The molecule has 0 amide bonds. The van der Waals surface area contributed by atoms with E-state index in [0.29, 0.717) is 0 Å². The van der Waals surface area contributed by atoms with E-state index in [1.165, 1.54) is 38.5 Å². The third kappa shape index (κ3) is 14.0. The Kier molecular flexibility index (Phi) is 11.5. The zero-order valence-corrected chi connectivity index (χ0v) is 14.9. The van der Waals surface area contributed by atoms with Gasteiger partial charge in [-0.1, -0.05) is 52.4 Å². The van der Waals surface area contributed by atoms with E-state index in [0.717, 1.165) is 25.7 Å². The molecule has 0 aromatic carbocycles. The van der Waals surface area contributed by atoms with Crippen LogP contribution in [0.4, 0.5) is 4.79 Å². The smallest absolute Gasteiger partial charge is 0.431 e. The number of unbranched alkanes of at least 4 members (excludes halogenated alkanes) is 6. The van der Waals surface area contributed by atoms with Crippen molar-refractivity contribution in [2.24, 2.45) is 0 Å². The molecule has 3 nitrogen and oxygen atoms in total. The Morgan fingerprint density at radius 3 is 1.71 bits per heavy atom. The molecule has 0 aliphatic heterocycles. The van der Waals surface area contributed by atoms with Crippen molar-refractivity contribution >= 4 is 6.16 Å². The summed E-state index contributed by atoms with van der Waals surface area (Å²) in [4.78, 5) is 11.8. The largest absolute Gasteiger partial charge is 0.509 e. The van der Waals surface area contributed by atoms with Gasteiger partial charge in [0.05, 0.1) is 0 Å². The summed E-state index contributed by atoms with van der Waals surface area (Å²) in [6, 6.07) is 0. The van der Waals surface area contributed by atoms with Crippen LogP contribution in [0.2, 0.25) is 0 Å². The highest BCUT2D eigenvalue weighted by Gasteiger charge is 2.21. The molecular weight excluding hydrogens is 264 g/mol. The molecule has 0 unspecified atom stereocenters. The molecule has 0 aliphatic rings. The first-order valence-electron chi connectivity index (χ1n) is 8.78. The van der Waals surface area contributed by atoms with E-state index in [9.17, 15) is 4.79 Å². The van der Waals surface area contributed by atoms with Crippen LogP contribution in [0.25, 0.3) is 0 Å². The molecule has 0 saturated heterocycles. The van der Waals surface area contributed by atoms with Crippen LogP contribution in [0.1, 0.15) is 98.8 Å². The van der Waals surface area contributed by atoms with Crippen molar-refractivity contribution in [1.29, 1.82) is 0 Å². The number of hydrogen-bond donors (Lipinski definition) is 0. The molecule has 3 heteroatoms. The van der Waals surface area contributed by atoms with Crippen molar-refractivity contribution in [3.05, 3.63) is 0 Å². The lowest BCUT2D eigenvalue weighted by Gasteiger charge is -2.23. The molecule has 0 fully saturated rings. The predicted molar refractivity (Wildman–Crippen MR) is 88.6 cm³/mol. The minimum atomic E-state index is -0.515. The normalized spacial score (nSPS) is 11.7. The lowest BCUT2D eigenvalue weighted by molar-refractivity contribution is -0.0307. The summed E-state index contributed by atoms with van der Waals surface area (Å²) in [5.41, 5.74) is -0.480. The van der Waals surface area contributed by atoms with E-state index in [-0.39, 0.29) is 6.10 Å². The van der Waals surface area contributed by atoms with Crippen molar-refractivity contribution < 1.29 is 14.3 Å². The number of ether oxygens (including phenoxy) is 2. The van der Waals surface area contributed by atoms with E-state index in [1.54, 1.807) is 0 Å². The van der Waals surface area contributed by atoms with Gasteiger partial charge in [0.2, 0.25) is 0 Å². The number of carbonyl (C=O) groups is 1. The quantitative estimate of drug-likeness (QED) is 0.334. The molecular formula is C18H36O3. The van der Waals surface area contributed by atoms with E-state index in [2.05, 4.69) is 13.8 Å². The second-order valence-electron chi connectivity index (χ2n) is 6.90. The lowest BCUT2D eigenvalue weighted by atomic mass is 10.0. The summed E-state index contributed by atoms with van der Waals surface area (Å²) in [6.45, 7) is 10.0. The molecule has 0 saturated carbocycles. The molecule has 0 aromatic heterocycles. The van der Waals surface area contributed by atoms with Gasteiger partial charge in [-0.05, 0) is 46.5 Å². The zero-order valence-electron chi connectivity index (χ0n) is 14.9. The Balaban J connectivity index is 4.12. The Bertz CT molecular complexity index is 244. The minimum absolute atomic E-state index is 0.0218. The topological polar surface area (TPSA) is 35.5 Å². The van der Waals surface area contributed by atoms with E-state index >= 15 is 0 Å². The number of carbonyl (C=O) groups excluding carboxylic acids is 1. The predicted octanol–water partition coefficient (Wildman–Crippen LogP) is 6.25. The molecule has 0 aromatic rings. The summed E-state index contributed by atoms with van der Waals surface area (Å²) in [5, 5.41) is 0. The number of rotatable bonds is 11. The third-order valence-corrected chi connectivity index (χ3v) is 3.41. The summed E-state index contributed by atoms with van der Waals surface area (Å²) in [7, 11) is 0. The maximum Gasteiger partial charge on any atom is 0.509 e. The fourth-order valence-corrected chi connectivity index (χ4v) is 2.27. The van der Waals surface area contributed by atoms with Gasteiger partial charge in [-0.15, -0.1) is 0 Å². The molecule has 21 heavy (non-hydrogen) atoms. The molecule has 0 N–H and O–H groups in total. The monoisotopic (exact) mass is 300 g/mol. The standard InChI is InChI=1S/C18H36O3/c1-6-8-10-12-14-16(15-13-11-9-7-2)20-17(19)21-18(3,4)5/h16H,6-15H2,1-5H3. The number of hydrogen-bond acceptors (Lipinski definition) is 3. The maximum absolute atomic E-state index is 11.8. The van der Waals surface area contributed by atoms with Gasteiger partial charge in [0, 0.05) is 0 Å². The van der Waals surface area contributed by atoms with Crippen LogP contribution >= 0.6 is 0 Å². The Hall–Kier alpha value is -0.730. The summed E-state index contributed by atoms with van der Waals surface area (Å²) in [5.74, 6) is 0. The molecule has 0 atom stereocenters. The van der Waals surface area contributed by atoms with Crippen LogP contribution in [0.15, 0.2) is 0 Å².